The SMILES string of the molecule is CC(=O)N1CC2(CCN(CCC(CN(C)C(=O)c3cc(C)cc(C)c3)c3ccc(Cl)c(Cl)c3)CC2)c2ccccc21. The lowest BCUT2D eigenvalue weighted by Gasteiger charge is -2.40. The number of para-hydroxylation sites is 1. The van der Waals surface area contributed by atoms with Crippen LogP contribution in [0.1, 0.15) is 64.7 Å². The van der Waals surface area contributed by atoms with E-state index in [-0.39, 0.29) is 23.1 Å². The molecule has 0 aromatic heterocycles. The fourth-order valence-corrected chi connectivity index (χ4v) is 7.05. The lowest BCUT2D eigenvalue weighted by Crippen LogP contribution is -2.46. The van der Waals surface area contributed by atoms with E-state index in [0.29, 0.717) is 16.6 Å². The Morgan fingerprint density at radius 3 is 2.29 bits per heavy atom. The van der Waals surface area contributed by atoms with Crippen LogP contribution in [-0.2, 0) is 10.2 Å². The molecule has 0 bridgehead atoms. The molecule has 3 aromatic rings. The number of carbonyl (C=O) groups excluding carboxylic acids is 2. The summed E-state index contributed by atoms with van der Waals surface area (Å²) in [5, 5.41) is 1.07. The quantitative estimate of drug-likeness (QED) is 0.290. The number of amides is 2. The van der Waals surface area contributed by atoms with Gasteiger partial charge in [-0.2, -0.15) is 0 Å². The Balaban J connectivity index is 1.28. The van der Waals surface area contributed by atoms with Crippen LogP contribution >= 0.6 is 23.2 Å². The molecule has 0 aliphatic carbocycles. The summed E-state index contributed by atoms with van der Waals surface area (Å²) < 4.78 is 0. The number of aryl methyl sites for hydroxylation is 2. The summed E-state index contributed by atoms with van der Waals surface area (Å²) in [6.07, 6.45) is 2.94. The first-order chi connectivity index (χ1) is 19.6. The number of rotatable bonds is 7. The first kappa shape index (κ1) is 29.6. The maximum Gasteiger partial charge on any atom is 0.253 e. The number of nitrogens with zero attached hydrogens (tertiary/aromatic N) is 3. The van der Waals surface area contributed by atoms with E-state index < -0.39 is 0 Å². The van der Waals surface area contributed by atoms with Crippen molar-refractivity contribution < 1.29 is 9.59 Å². The van der Waals surface area contributed by atoms with Crippen LogP contribution in [0.4, 0.5) is 5.69 Å². The van der Waals surface area contributed by atoms with Crippen LogP contribution in [0.5, 0.6) is 0 Å². The molecule has 2 aliphatic heterocycles. The monoisotopic (exact) mass is 591 g/mol. The molecule has 5 nitrogen and oxygen atoms in total. The predicted octanol–water partition coefficient (Wildman–Crippen LogP) is 7.26. The average Bonchev–Trinajstić information content (AvgIpc) is 3.26. The third-order valence-corrected chi connectivity index (χ3v) is 9.68. The van der Waals surface area contributed by atoms with E-state index in [1.165, 1.54) is 5.56 Å². The molecule has 1 atom stereocenters. The van der Waals surface area contributed by atoms with Gasteiger partial charge in [-0.05, 0) is 94.2 Å². The number of anilines is 1. The molecule has 1 fully saturated rings. The van der Waals surface area contributed by atoms with Crippen LogP contribution in [0.3, 0.4) is 0 Å². The third kappa shape index (κ3) is 6.33. The van der Waals surface area contributed by atoms with E-state index in [1.807, 2.05) is 67.1 Å². The van der Waals surface area contributed by atoms with Crippen LogP contribution in [0.15, 0.2) is 60.7 Å². The van der Waals surface area contributed by atoms with Crippen molar-refractivity contribution in [2.24, 2.45) is 0 Å². The highest BCUT2D eigenvalue weighted by Crippen LogP contribution is 2.47. The number of likely N-dealkylation sites (tertiary alicyclic amines) is 1. The number of piperidine rings is 1. The minimum atomic E-state index is 0.0247. The van der Waals surface area contributed by atoms with Gasteiger partial charge in [0.05, 0.1) is 10.0 Å². The molecule has 1 unspecified atom stereocenters. The molecule has 0 radical (unpaired) electrons. The highest BCUT2D eigenvalue weighted by molar-refractivity contribution is 6.42. The zero-order valence-corrected chi connectivity index (χ0v) is 25.9. The van der Waals surface area contributed by atoms with E-state index in [9.17, 15) is 9.59 Å². The Morgan fingerprint density at radius 1 is 0.951 bits per heavy atom. The number of benzene rings is 3. The second kappa shape index (κ2) is 12.2. The smallest absolute Gasteiger partial charge is 0.253 e. The lowest BCUT2D eigenvalue weighted by atomic mass is 9.74. The minimum absolute atomic E-state index is 0.0247. The molecule has 2 aliphatic rings. The van der Waals surface area contributed by atoms with E-state index >= 15 is 0 Å². The Morgan fingerprint density at radius 2 is 1.63 bits per heavy atom. The van der Waals surface area contributed by atoms with E-state index in [0.717, 1.165) is 73.4 Å². The fraction of sp³-hybridized carbons (Fsp3) is 0.412. The van der Waals surface area contributed by atoms with Crippen LogP contribution in [0.2, 0.25) is 10.0 Å². The summed E-state index contributed by atoms with van der Waals surface area (Å²) in [5.74, 6) is 0.248. The maximum absolute atomic E-state index is 13.4. The summed E-state index contributed by atoms with van der Waals surface area (Å²) in [7, 11) is 1.88. The maximum atomic E-state index is 13.4. The van der Waals surface area contributed by atoms with Crippen LogP contribution in [0.25, 0.3) is 0 Å². The topological polar surface area (TPSA) is 43.9 Å². The second-order valence-electron chi connectivity index (χ2n) is 12.0. The number of likely N-dealkylation sites (N-methyl/N-ethyl adjacent to an activating group) is 1. The van der Waals surface area contributed by atoms with Gasteiger partial charge in [-0.1, -0.05) is 64.7 Å². The van der Waals surface area contributed by atoms with Crippen molar-refractivity contribution in [3.8, 4) is 0 Å². The molecule has 7 heteroatoms. The summed E-state index contributed by atoms with van der Waals surface area (Å²) in [4.78, 5) is 32.1. The second-order valence-corrected chi connectivity index (χ2v) is 12.8. The molecule has 1 saturated heterocycles. The summed E-state index contributed by atoms with van der Waals surface area (Å²) in [6.45, 7) is 9.94. The standard InChI is InChI=1S/C34H39Cl2N3O2/c1-23-17-24(2)19-28(18-23)33(41)37(4)21-27(26-9-10-30(35)31(36)20-26)11-14-38-15-12-34(13-16-38)22-39(25(3)40)32-8-6-5-7-29(32)34/h5-10,17-20,27H,11-16,21-22H2,1-4H3. The minimum Gasteiger partial charge on any atom is -0.341 e. The van der Waals surface area contributed by atoms with Gasteiger partial charge < -0.3 is 14.7 Å². The van der Waals surface area contributed by atoms with E-state index in [1.54, 1.807) is 6.92 Å². The molecule has 0 N–H and O–H groups in total. The number of hydrogen-bond donors (Lipinski definition) is 0. The normalized spacial score (nSPS) is 17.0. The van der Waals surface area contributed by atoms with E-state index in [2.05, 4.69) is 29.2 Å². The first-order valence-corrected chi connectivity index (χ1v) is 15.2. The van der Waals surface area contributed by atoms with Crippen molar-refractivity contribution >= 4 is 40.7 Å². The molecule has 2 amide bonds. The molecule has 1 spiro atoms. The molecule has 0 saturated carbocycles. The molecule has 216 valence electrons. The summed E-state index contributed by atoms with van der Waals surface area (Å²) >= 11 is 12.7. The van der Waals surface area contributed by atoms with Gasteiger partial charge in [0.25, 0.3) is 5.91 Å². The van der Waals surface area contributed by atoms with Crippen molar-refractivity contribution in [2.75, 3.05) is 44.7 Å². The first-order valence-electron chi connectivity index (χ1n) is 14.4. The van der Waals surface area contributed by atoms with E-state index in [4.69, 9.17) is 23.2 Å². The molecule has 41 heavy (non-hydrogen) atoms. The predicted molar refractivity (Wildman–Crippen MR) is 169 cm³/mol. The number of fused-ring (bicyclic) bond motifs is 2. The highest BCUT2D eigenvalue weighted by Gasteiger charge is 2.45. The molecule has 2 heterocycles. The Hall–Kier alpha value is -2.86. The fourth-order valence-electron chi connectivity index (χ4n) is 6.74. The molecule has 3 aromatic carbocycles. The number of hydrogen-bond acceptors (Lipinski definition) is 3. The number of halogens is 2. The van der Waals surface area contributed by atoms with Crippen LogP contribution < -0.4 is 4.90 Å². The van der Waals surface area contributed by atoms with Crippen molar-refractivity contribution in [1.29, 1.82) is 0 Å². The van der Waals surface area contributed by atoms with Gasteiger partial charge in [-0.15, -0.1) is 0 Å². The molecular weight excluding hydrogens is 553 g/mol. The van der Waals surface area contributed by atoms with Gasteiger partial charge in [0.2, 0.25) is 5.91 Å². The number of carbonyl (C=O) groups is 2. The van der Waals surface area contributed by atoms with Gasteiger partial charge in [0.15, 0.2) is 0 Å². The molecule has 5 rings (SSSR count). The summed E-state index contributed by atoms with van der Waals surface area (Å²) in [5.41, 5.74) is 6.40. The van der Waals surface area contributed by atoms with Crippen molar-refractivity contribution in [2.45, 2.75) is 51.4 Å². The third-order valence-electron chi connectivity index (χ3n) is 8.94. The van der Waals surface area contributed by atoms with Crippen molar-refractivity contribution in [3.63, 3.8) is 0 Å². The van der Waals surface area contributed by atoms with Gasteiger partial charge in [0, 0.05) is 49.6 Å². The molecular formula is C34H39Cl2N3O2. The van der Waals surface area contributed by atoms with Gasteiger partial charge in [-0.3, -0.25) is 9.59 Å². The van der Waals surface area contributed by atoms with Gasteiger partial charge in [0.1, 0.15) is 0 Å². The largest absolute Gasteiger partial charge is 0.341 e. The van der Waals surface area contributed by atoms with Crippen LogP contribution in [0, 0.1) is 13.8 Å². The summed E-state index contributed by atoms with van der Waals surface area (Å²) in [6, 6.07) is 20.2. The zero-order chi connectivity index (χ0) is 29.3. The van der Waals surface area contributed by atoms with Gasteiger partial charge in [-0.25, -0.2) is 0 Å². The Labute approximate surface area is 254 Å². The van der Waals surface area contributed by atoms with Crippen molar-refractivity contribution in [1.82, 2.24) is 9.80 Å². The Bertz CT molecular complexity index is 1430. The highest BCUT2D eigenvalue weighted by atomic mass is 35.5. The zero-order valence-electron chi connectivity index (χ0n) is 24.4. The average molecular weight is 593 g/mol. The van der Waals surface area contributed by atoms with Gasteiger partial charge >= 0.3 is 0 Å². The van der Waals surface area contributed by atoms with Crippen LogP contribution in [-0.4, -0.2) is 61.4 Å². The van der Waals surface area contributed by atoms with Crippen molar-refractivity contribution in [3.05, 3.63) is 98.5 Å². The lowest BCUT2D eigenvalue weighted by molar-refractivity contribution is -0.116. The Kier molecular flexibility index (Phi) is 8.79.